The van der Waals surface area contributed by atoms with Crippen LogP contribution in [-0.2, 0) is 9.53 Å². The van der Waals surface area contributed by atoms with Gasteiger partial charge in [-0.05, 0) is 24.5 Å². The molecule has 2 aromatic rings. The number of carbonyl (C=O) groups excluding carboxylic acids is 1. The molecule has 0 radical (unpaired) electrons. The molecular weight excluding hydrogens is 310 g/mol. The van der Waals surface area contributed by atoms with Crippen LogP contribution in [0, 0.1) is 0 Å². The minimum absolute atomic E-state index is 0.0270. The van der Waals surface area contributed by atoms with E-state index in [-0.39, 0.29) is 11.9 Å². The minimum Gasteiger partial charge on any atom is -0.475 e. The average Bonchev–Trinajstić information content (AvgIpc) is 2.68. The lowest BCUT2D eigenvalue weighted by Gasteiger charge is -2.29. The van der Waals surface area contributed by atoms with Gasteiger partial charge in [0.15, 0.2) is 0 Å². The molecule has 1 N–H and O–H groups in total. The number of hydrogen-bond acceptors (Lipinski definition) is 2. The summed E-state index contributed by atoms with van der Waals surface area (Å²) < 4.78 is 6.15. The minimum atomic E-state index is -0.585. The molecule has 1 amide bonds. The molecule has 1 aliphatic carbocycles. The summed E-state index contributed by atoms with van der Waals surface area (Å²) in [5.74, 6) is 0.726. The Morgan fingerprint density at radius 2 is 1.64 bits per heavy atom. The SMILES string of the molecule is O=C(NC1CCCCC1)C1OC(c2ccccc2)=Cc2ccccc21. The zero-order chi connectivity index (χ0) is 17.1. The highest BCUT2D eigenvalue weighted by Crippen LogP contribution is 2.36. The van der Waals surface area contributed by atoms with Crippen molar-refractivity contribution in [2.75, 3.05) is 0 Å². The molecule has 1 aliphatic heterocycles. The zero-order valence-electron chi connectivity index (χ0n) is 14.3. The third-order valence-electron chi connectivity index (χ3n) is 5.06. The normalized spacial score (nSPS) is 20.2. The van der Waals surface area contributed by atoms with E-state index in [4.69, 9.17) is 4.74 Å². The average molecular weight is 333 g/mol. The fourth-order valence-electron chi connectivity index (χ4n) is 3.72. The van der Waals surface area contributed by atoms with Crippen molar-refractivity contribution in [3.63, 3.8) is 0 Å². The van der Waals surface area contributed by atoms with E-state index in [1.54, 1.807) is 0 Å². The van der Waals surface area contributed by atoms with Crippen molar-refractivity contribution in [1.29, 1.82) is 0 Å². The third-order valence-corrected chi connectivity index (χ3v) is 5.06. The first-order valence-electron chi connectivity index (χ1n) is 9.14. The Morgan fingerprint density at radius 3 is 2.44 bits per heavy atom. The molecule has 1 atom stereocenters. The van der Waals surface area contributed by atoms with Crippen molar-refractivity contribution >= 4 is 17.7 Å². The fraction of sp³-hybridized carbons (Fsp3) is 0.318. The van der Waals surface area contributed by atoms with E-state index in [1.165, 1.54) is 19.3 Å². The van der Waals surface area contributed by atoms with Crippen LogP contribution in [0.15, 0.2) is 54.6 Å². The maximum absolute atomic E-state index is 12.9. The Kier molecular flexibility index (Phi) is 4.55. The Morgan fingerprint density at radius 1 is 0.920 bits per heavy atom. The summed E-state index contributed by atoms with van der Waals surface area (Å²) in [5, 5.41) is 3.21. The Hall–Kier alpha value is -2.55. The first-order valence-corrected chi connectivity index (χ1v) is 9.14. The second-order valence-electron chi connectivity index (χ2n) is 6.84. The van der Waals surface area contributed by atoms with Crippen LogP contribution in [0.1, 0.15) is 54.9 Å². The van der Waals surface area contributed by atoms with Gasteiger partial charge in [0.25, 0.3) is 5.91 Å². The summed E-state index contributed by atoms with van der Waals surface area (Å²) in [6, 6.07) is 18.2. The molecule has 25 heavy (non-hydrogen) atoms. The van der Waals surface area contributed by atoms with Crippen LogP contribution < -0.4 is 5.32 Å². The van der Waals surface area contributed by atoms with E-state index >= 15 is 0 Å². The zero-order valence-corrected chi connectivity index (χ0v) is 14.3. The molecule has 3 heteroatoms. The van der Waals surface area contributed by atoms with Gasteiger partial charge in [-0.1, -0.05) is 73.9 Å². The number of ether oxygens (including phenoxy) is 1. The van der Waals surface area contributed by atoms with Gasteiger partial charge in [0.05, 0.1) is 0 Å². The van der Waals surface area contributed by atoms with Crippen molar-refractivity contribution in [1.82, 2.24) is 5.32 Å². The van der Waals surface area contributed by atoms with Crippen LogP contribution in [0.2, 0.25) is 0 Å². The summed E-state index contributed by atoms with van der Waals surface area (Å²) >= 11 is 0. The molecule has 1 heterocycles. The van der Waals surface area contributed by atoms with E-state index in [9.17, 15) is 4.79 Å². The molecule has 2 aliphatic rings. The number of fused-ring (bicyclic) bond motifs is 1. The van der Waals surface area contributed by atoms with E-state index < -0.39 is 6.10 Å². The summed E-state index contributed by atoms with van der Waals surface area (Å²) in [5.41, 5.74) is 2.99. The number of rotatable bonds is 3. The molecule has 128 valence electrons. The lowest BCUT2D eigenvalue weighted by Crippen LogP contribution is -2.40. The van der Waals surface area contributed by atoms with Crippen molar-refractivity contribution in [3.8, 4) is 0 Å². The van der Waals surface area contributed by atoms with Gasteiger partial charge < -0.3 is 10.1 Å². The van der Waals surface area contributed by atoms with Crippen LogP contribution >= 0.6 is 0 Å². The maximum atomic E-state index is 12.9. The molecule has 2 aromatic carbocycles. The highest BCUT2D eigenvalue weighted by atomic mass is 16.5. The fourth-order valence-corrected chi connectivity index (χ4v) is 3.72. The molecule has 1 saturated carbocycles. The second-order valence-corrected chi connectivity index (χ2v) is 6.84. The van der Waals surface area contributed by atoms with Gasteiger partial charge in [0.2, 0.25) is 6.10 Å². The summed E-state index contributed by atoms with van der Waals surface area (Å²) in [7, 11) is 0. The Bertz CT molecular complexity index is 776. The molecule has 0 saturated heterocycles. The summed E-state index contributed by atoms with van der Waals surface area (Å²) in [6.07, 6.45) is 7.25. The van der Waals surface area contributed by atoms with Gasteiger partial charge in [0, 0.05) is 17.2 Å². The molecule has 1 fully saturated rings. The molecule has 4 rings (SSSR count). The number of nitrogens with one attached hydrogen (secondary N) is 1. The smallest absolute Gasteiger partial charge is 0.266 e. The van der Waals surface area contributed by atoms with Crippen LogP contribution in [0.25, 0.3) is 11.8 Å². The number of benzene rings is 2. The third kappa shape index (κ3) is 3.46. The highest BCUT2D eigenvalue weighted by molar-refractivity contribution is 5.89. The van der Waals surface area contributed by atoms with Gasteiger partial charge in [-0.25, -0.2) is 0 Å². The second kappa shape index (κ2) is 7.14. The van der Waals surface area contributed by atoms with E-state index in [1.807, 2.05) is 60.7 Å². The lowest BCUT2D eigenvalue weighted by molar-refractivity contribution is -0.130. The number of amides is 1. The van der Waals surface area contributed by atoms with Crippen molar-refractivity contribution in [2.24, 2.45) is 0 Å². The monoisotopic (exact) mass is 333 g/mol. The number of carbonyl (C=O) groups is 1. The summed E-state index contributed by atoms with van der Waals surface area (Å²) in [6.45, 7) is 0. The van der Waals surface area contributed by atoms with Gasteiger partial charge >= 0.3 is 0 Å². The van der Waals surface area contributed by atoms with Crippen molar-refractivity contribution in [3.05, 3.63) is 71.3 Å². The standard InChI is InChI=1S/C22H23NO2/c24-22(23-18-12-5-2-6-13-18)21-19-14-8-7-11-17(19)15-20(25-21)16-9-3-1-4-10-16/h1,3-4,7-11,14-15,18,21H,2,5-6,12-13H2,(H,23,24). The van der Waals surface area contributed by atoms with E-state index in [2.05, 4.69) is 5.32 Å². The lowest BCUT2D eigenvalue weighted by atomic mass is 9.94. The first kappa shape index (κ1) is 15.9. The first-order chi connectivity index (χ1) is 12.3. The van der Waals surface area contributed by atoms with Gasteiger partial charge in [0.1, 0.15) is 5.76 Å². The Labute approximate surface area is 148 Å². The predicted molar refractivity (Wildman–Crippen MR) is 99.6 cm³/mol. The van der Waals surface area contributed by atoms with Crippen molar-refractivity contribution in [2.45, 2.75) is 44.2 Å². The van der Waals surface area contributed by atoms with Crippen LogP contribution in [-0.4, -0.2) is 11.9 Å². The topological polar surface area (TPSA) is 38.3 Å². The van der Waals surface area contributed by atoms with E-state index in [0.29, 0.717) is 0 Å². The molecule has 0 spiro atoms. The number of hydrogen-bond donors (Lipinski definition) is 1. The molecular formula is C22H23NO2. The largest absolute Gasteiger partial charge is 0.475 e. The Balaban J connectivity index is 1.61. The van der Waals surface area contributed by atoms with E-state index in [0.717, 1.165) is 35.3 Å². The summed E-state index contributed by atoms with van der Waals surface area (Å²) in [4.78, 5) is 12.9. The van der Waals surface area contributed by atoms with Crippen LogP contribution in [0.4, 0.5) is 0 Å². The van der Waals surface area contributed by atoms with Gasteiger partial charge in [-0.2, -0.15) is 0 Å². The van der Waals surface area contributed by atoms with Gasteiger partial charge in [-0.15, -0.1) is 0 Å². The molecule has 0 bridgehead atoms. The molecule has 1 unspecified atom stereocenters. The van der Waals surface area contributed by atoms with Crippen LogP contribution in [0.5, 0.6) is 0 Å². The maximum Gasteiger partial charge on any atom is 0.266 e. The quantitative estimate of drug-likeness (QED) is 0.884. The predicted octanol–water partition coefficient (Wildman–Crippen LogP) is 4.70. The van der Waals surface area contributed by atoms with Crippen LogP contribution in [0.3, 0.4) is 0 Å². The highest BCUT2D eigenvalue weighted by Gasteiger charge is 2.30. The van der Waals surface area contributed by atoms with Crippen molar-refractivity contribution < 1.29 is 9.53 Å². The van der Waals surface area contributed by atoms with Gasteiger partial charge in [-0.3, -0.25) is 4.79 Å². The molecule has 0 aromatic heterocycles. The molecule has 3 nitrogen and oxygen atoms in total.